The van der Waals surface area contributed by atoms with E-state index in [1.807, 2.05) is 62.4 Å². The number of ether oxygens (including phenoxy) is 2. The molecule has 8 heteroatoms. The average molecular weight is 569 g/mol. The van der Waals surface area contributed by atoms with Crippen LogP contribution in [0.3, 0.4) is 0 Å². The van der Waals surface area contributed by atoms with Gasteiger partial charge >= 0.3 is 5.91 Å². The molecular formula is C33H32N2O5S. The number of rotatable bonds is 8. The quantitative estimate of drug-likeness (QED) is 0.105. The van der Waals surface area contributed by atoms with E-state index in [4.69, 9.17) is 14.5 Å². The van der Waals surface area contributed by atoms with E-state index >= 15 is 0 Å². The van der Waals surface area contributed by atoms with Gasteiger partial charge < -0.3 is 14.6 Å². The number of aromatic nitrogens is 1. The highest BCUT2D eigenvalue weighted by molar-refractivity contribution is 7.22. The van der Waals surface area contributed by atoms with Gasteiger partial charge in [-0.15, -0.1) is 0 Å². The van der Waals surface area contributed by atoms with Gasteiger partial charge in [-0.2, -0.15) is 0 Å². The van der Waals surface area contributed by atoms with Gasteiger partial charge in [-0.05, 0) is 79.4 Å². The standard InChI is InChI=1S/C33H32N2O5S/c1-4-5-6-14-39-24-9-7-8-21(18-24)29-28(30(36)22-11-13-26-23(17-22)16-20(3)40-26)31(37)32(38)35(29)33-34-25-12-10-19(2)15-27(25)41-33/h7-13,15,17-18,20,29,36H,4-6,14,16H2,1-3H3/t20-,29-/m0/s1. The van der Waals surface area contributed by atoms with Crippen molar-refractivity contribution in [2.45, 2.75) is 58.6 Å². The van der Waals surface area contributed by atoms with Gasteiger partial charge in [-0.3, -0.25) is 14.5 Å². The van der Waals surface area contributed by atoms with Gasteiger partial charge in [0.15, 0.2) is 5.13 Å². The Kier molecular flexibility index (Phi) is 7.26. The normalized spacial score (nSPS) is 19.5. The molecule has 0 unspecified atom stereocenters. The Bertz CT molecular complexity index is 1690. The molecule has 1 saturated heterocycles. The summed E-state index contributed by atoms with van der Waals surface area (Å²) < 4.78 is 12.7. The van der Waals surface area contributed by atoms with Crippen molar-refractivity contribution in [3.63, 3.8) is 0 Å². The summed E-state index contributed by atoms with van der Waals surface area (Å²) in [7, 11) is 0. The van der Waals surface area contributed by atoms with Crippen LogP contribution in [0, 0.1) is 6.92 Å². The molecule has 210 valence electrons. The van der Waals surface area contributed by atoms with Crippen molar-refractivity contribution in [2.24, 2.45) is 0 Å². The first-order valence-corrected chi connectivity index (χ1v) is 14.9. The number of aliphatic hydroxyl groups excluding tert-OH is 1. The number of carbonyl (C=O) groups is 2. The second kappa shape index (κ2) is 11.0. The number of benzene rings is 3. The molecule has 2 atom stereocenters. The zero-order valence-electron chi connectivity index (χ0n) is 23.3. The summed E-state index contributed by atoms with van der Waals surface area (Å²) in [5.74, 6) is -0.275. The predicted molar refractivity (Wildman–Crippen MR) is 161 cm³/mol. The first-order chi connectivity index (χ1) is 19.8. The predicted octanol–water partition coefficient (Wildman–Crippen LogP) is 7.12. The molecule has 1 amide bonds. The maximum Gasteiger partial charge on any atom is 0.301 e. The first-order valence-electron chi connectivity index (χ1n) is 14.0. The molecule has 0 bridgehead atoms. The van der Waals surface area contributed by atoms with E-state index in [0.717, 1.165) is 46.4 Å². The topological polar surface area (TPSA) is 89.0 Å². The molecule has 6 rings (SSSR count). The van der Waals surface area contributed by atoms with Crippen molar-refractivity contribution < 1.29 is 24.2 Å². The van der Waals surface area contributed by atoms with Crippen LogP contribution in [-0.4, -0.2) is 34.5 Å². The Hall–Kier alpha value is -4.17. The number of unbranched alkanes of at least 4 members (excludes halogenated alkanes) is 2. The molecular weight excluding hydrogens is 536 g/mol. The van der Waals surface area contributed by atoms with Crippen LogP contribution in [0.5, 0.6) is 11.5 Å². The lowest BCUT2D eigenvalue weighted by atomic mass is 9.94. The molecule has 2 aliphatic rings. The number of amides is 1. The van der Waals surface area contributed by atoms with Crippen LogP contribution >= 0.6 is 11.3 Å². The SMILES string of the molecule is CCCCCOc1cccc([C@H]2C(=C(O)c3ccc4c(c3)C[C@H](C)O4)C(=O)C(=O)N2c2nc3ccc(C)cc3s2)c1. The van der Waals surface area contributed by atoms with Crippen molar-refractivity contribution in [1.82, 2.24) is 4.98 Å². The summed E-state index contributed by atoms with van der Waals surface area (Å²) in [5.41, 5.74) is 3.94. The van der Waals surface area contributed by atoms with Crippen LogP contribution in [-0.2, 0) is 16.0 Å². The fraction of sp³-hybridized carbons (Fsp3) is 0.303. The van der Waals surface area contributed by atoms with Crippen LogP contribution in [0.4, 0.5) is 5.13 Å². The summed E-state index contributed by atoms with van der Waals surface area (Å²) in [6.45, 7) is 6.70. The van der Waals surface area contributed by atoms with E-state index in [1.54, 1.807) is 12.1 Å². The van der Waals surface area contributed by atoms with Gasteiger partial charge in [0.2, 0.25) is 0 Å². The Morgan fingerprint density at radius 1 is 1.12 bits per heavy atom. The molecule has 0 saturated carbocycles. The van der Waals surface area contributed by atoms with Crippen molar-refractivity contribution in [3.8, 4) is 11.5 Å². The van der Waals surface area contributed by atoms with Crippen LogP contribution in [0.15, 0.2) is 66.2 Å². The Balaban J connectivity index is 1.47. The van der Waals surface area contributed by atoms with Gasteiger partial charge in [0.05, 0.1) is 28.4 Å². The summed E-state index contributed by atoms with van der Waals surface area (Å²) >= 11 is 1.35. The molecule has 0 aliphatic carbocycles. The maximum absolute atomic E-state index is 13.7. The molecule has 3 aromatic carbocycles. The third kappa shape index (κ3) is 5.08. The zero-order valence-corrected chi connectivity index (χ0v) is 24.2. The first kappa shape index (κ1) is 27.0. The summed E-state index contributed by atoms with van der Waals surface area (Å²) in [6.07, 6.45) is 3.84. The molecule has 1 aromatic heterocycles. The second-order valence-electron chi connectivity index (χ2n) is 10.7. The highest BCUT2D eigenvalue weighted by Crippen LogP contribution is 2.45. The van der Waals surface area contributed by atoms with Gasteiger partial charge in [0.1, 0.15) is 23.4 Å². The third-order valence-electron chi connectivity index (χ3n) is 7.54. The van der Waals surface area contributed by atoms with Crippen LogP contribution in [0.2, 0.25) is 0 Å². The van der Waals surface area contributed by atoms with Gasteiger partial charge in [-0.25, -0.2) is 4.98 Å². The zero-order chi connectivity index (χ0) is 28.7. The van der Waals surface area contributed by atoms with Gasteiger partial charge in [0, 0.05) is 12.0 Å². The molecule has 7 nitrogen and oxygen atoms in total. The third-order valence-corrected chi connectivity index (χ3v) is 8.56. The molecule has 1 fully saturated rings. The molecule has 4 aromatic rings. The number of ketones is 1. The minimum Gasteiger partial charge on any atom is -0.507 e. The highest BCUT2D eigenvalue weighted by Gasteiger charge is 2.48. The van der Waals surface area contributed by atoms with E-state index < -0.39 is 17.7 Å². The average Bonchev–Trinajstić information content (AvgIpc) is 3.62. The number of thiazole rings is 1. The summed E-state index contributed by atoms with van der Waals surface area (Å²) in [6, 6.07) is 17.8. The minimum atomic E-state index is -0.876. The number of fused-ring (bicyclic) bond motifs is 2. The Morgan fingerprint density at radius 2 is 1.98 bits per heavy atom. The van der Waals surface area contributed by atoms with E-state index in [1.165, 1.54) is 16.2 Å². The van der Waals surface area contributed by atoms with E-state index in [-0.39, 0.29) is 17.4 Å². The van der Waals surface area contributed by atoms with Crippen molar-refractivity contribution >= 4 is 44.1 Å². The number of aliphatic hydroxyl groups is 1. The number of carbonyl (C=O) groups excluding carboxylic acids is 2. The lowest BCUT2D eigenvalue weighted by Gasteiger charge is -2.23. The Morgan fingerprint density at radius 3 is 2.80 bits per heavy atom. The molecule has 0 spiro atoms. The smallest absolute Gasteiger partial charge is 0.301 e. The molecule has 2 aliphatic heterocycles. The monoisotopic (exact) mass is 568 g/mol. The fourth-order valence-electron chi connectivity index (χ4n) is 5.51. The number of aryl methyl sites for hydroxylation is 1. The second-order valence-corrected chi connectivity index (χ2v) is 11.7. The minimum absolute atomic E-state index is 0.0282. The van der Waals surface area contributed by atoms with Crippen molar-refractivity contribution in [1.29, 1.82) is 0 Å². The number of hydrogen-bond donors (Lipinski definition) is 1. The van der Waals surface area contributed by atoms with Gasteiger partial charge in [-0.1, -0.05) is 49.3 Å². The summed E-state index contributed by atoms with van der Waals surface area (Å²) in [5, 5.41) is 12.0. The van der Waals surface area contributed by atoms with Crippen LogP contribution in [0.1, 0.15) is 61.4 Å². The molecule has 1 N–H and O–H groups in total. The highest BCUT2D eigenvalue weighted by atomic mass is 32.1. The van der Waals surface area contributed by atoms with E-state index in [0.29, 0.717) is 35.0 Å². The van der Waals surface area contributed by atoms with Crippen LogP contribution in [0.25, 0.3) is 16.0 Å². The van der Waals surface area contributed by atoms with Crippen LogP contribution < -0.4 is 14.4 Å². The lowest BCUT2D eigenvalue weighted by Crippen LogP contribution is -2.29. The Labute approximate surface area is 243 Å². The fourth-order valence-corrected chi connectivity index (χ4v) is 6.60. The molecule has 41 heavy (non-hydrogen) atoms. The summed E-state index contributed by atoms with van der Waals surface area (Å²) in [4.78, 5) is 33.5. The van der Waals surface area contributed by atoms with E-state index in [9.17, 15) is 14.7 Å². The lowest BCUT2D eigenvalue weighted by molar-refractivity contribution is -0.132. The maximum atomic E-state index is 13.7. The number of hydrogen-bond acceptors (Lipinski definition) is 7. The van der Waals surface area contributed by atoms with E-state index in [2.05, 4.69) is 6.92 Å². The van der Waals surface area contributed by atoms with Crippen molar-refractivity contribution in [3.05, 3.63) is 88.5 Å². The number of Topliss-reactive ketones (excluding diaryl/α,β-unsaturated/α-hetero) is 1. The van der Waals surface area contributed by atoms with Gasteiger partial charge in [0.25, 0.3) is 5.78 Å². The largest absolute Gasteiger partial charge is 0.507 e. The van der Waals surface area contributed by atoms with Crippen molar-refractivity contribution in [2.75, 3.05) is 11.5 Å². The molecule has 3 heterocycles. The molecule has 0 radical (unpaired) electrons. The number of anilines is 1. The number of nitrogens with zero attached hydrogens (tertiary/aromatic N) is 2.